The number of amides is 2. The molecule has 0 unspecified atom stereocenters. The summed E-state index contributed by atoms with van der Waals surface area (Å²) in [5.74, 6) is -0.983. The number of anilines is 1. The zero-order chi connectivity index (χ0) is 15.9. The molecule has 0 aliphatic carbocycles. The molecule has 5 nitrogen and oxygen atoms in total. The largest absolute Gasteiger partial charge is 0.366 e. The number of benzene rings is 1. The summed E-state index contributed by atoms with van der Waals surface area (Å²) in [4.78, 5) is 27.1. The topological polar surface area (TPSA) is 52.7 Å². The normalized spacial score (nSPS) is 14.8. The number of hydrogen-bond donors (Lipinski definition) is 1. The molecule has 0 spiro atoms. The first-order valence-corrected chi connectivity index (χ1v) is 7.79. The first-order valence-electron chi connectivity index (χ1n) is 7.26. The molecule has 1 heterocycles. The predicted octanol–water partition coefficient (Wildman–Crippen LogP) is 1.22. The maximum atomic E-state index is 13.7. The summed E-state index contributed by atoms with van der Waals surface area (Å²) in [5.41, 5.74) is 0.529. The van der Waals surface area contributed by atoms with E-state index in [2.05, 4.69) is 5.32 Å². The number of carbonyl (C=O) groups excluding carboxylic acids is 2. The number of nitrogens with one attached hydrogen (secondary N) is 1. The fourth-order valence-electron chi connectivity index (χ4n) is 2.35. The molecule has 1 N–H and O–H groups in total. The second-order valence-corrected chi connectivity index (χ2v) is 5.41. The molecule has 0 saturated carbocycles. The fourth-order valence-corrected chi connectivity index (χ4v) is 2.48. The van der Waals surface area contributed by atoms with Gasteiger partial charge < -0.3 is 15.1 Å². The van der Waals surface area contributed by atoms with E-state index < -0.39 is 11.8 Å². The monoisotopic (exact) mass is 327 g/mol. The summed E-state index contributed by atoms with van der Waals surface area (Å²) < 4.78 is 13.7. The zero-order valence-electron chi connectivity index (χ0n) is 12.2. The van der Waals surface area contributed by atoms with E-state index in [4.69, 9.17) is 11.6 Å². The van der Waals surface area contributed by atoms with Crippen LogP contribution in [0.2, 0.25) is 0 Å². The number of carbonyl (C=O) groups is 2. The molecular formula is C15H19ClFN3O2. The van der Waals surface area contributed by atoms with Gasteiger partial charge in [0.15, 0.2) is 0 Å². The highest BCUT2D eigenvalue weighted by molar-refractivity contribution is 6.35. The van der Waals surface area contributed by atoms with Crippen LogP contribution < -0.4 is 10.2 Å². The standard InChI is InChI=1S/C15H19ClFN3O2/c16-6-3-7-18-14(21)15(22)20-10-8-19(9-11-20)13-5-2-1-4-12(13)17/h1-2,4-5H,3,6-11H2,(H,18,21). The molecule has 2 amide bonds. The van der Waals surface area contributed by atoms with Crippen molar-refractivity contribution in [3.05, 3.63) is 30.1 Å². The molecule has 0 atom stereocenters. The highest BCUT2D eigenvalue weighted by atomic mass is 35.5. The molecule has 2 rings (SSSR count). The van der Waals surface area contributed by atoms with Crippen LogP contribution in [0.25, 0.3) is 0 Å². The lowest BCUT2D eigenvalue weighted by Crippen LogP contribution is -2.53. The van der Waals surface area contributed by atoms with Crippen molar-refractivity contribution in [2.75, 3.05) is 43.5 Å². The van der Waals surface area contributed by atoms with Crippen LogP contribution in [0.3, 0.4) is 0 Å². The number of halogens is 2. The quantitative estimate of drug-likeness (QED) is 0.514. The van der Waals surface area contributed by atoms with Crippen molar-refractivity contribution in [1.82, 2.24) is 10.2 Å². The lowest BCUT2D eigenvalue weighted by molar-refractivity contribution is -0.146. The fraction of sp³-hybridized carbons (Fsp3) is 0.467. The van der Waals surface area contributed by atoms with Gasteiger partial charge >= 0.3 is 11.8 Å². The van der Waals surface area contributed by atoms with Crippen LogP contribution in [-0.4, -0.2) is 55.3 Å². The molecule has 1 fully saturated rings. The maximum absolute atomic E-state index is 13.7. The van der Waals surface area contributed by atoms with E-state index in [0.29, 0.717) is 50.7 Å². The van der Waals surface area contributed by atoms with E-state index in [0.717, 1.165) is 0 Å². The van der Waals surface area contributed by atoms with Crippen molar-refractivity contribution in [3.63, 3.8) is 0 Å². The number of nitrogens with zero attached hydrogens (tertiary/aromatic N) is 2. The van der Waals surface area contributed by atoms with Crippen LogP contribution >= 0.6 is 11.6 Å². The summed E-state index contributed by atoms with van der Waals surface area (Å²) in [6, 6.07) is 6.55. The van der Waals surface area contributed by atoms with E-state index in [-0.39, 0.29) is 5.82 Å². The van der Waals surface area contributed by atoms with Crippen LogP contribution in [0.15, 0.2) is 24.3 Å². The van der Waals surface area contributed by atoms with E-state index in [1.807, 2.05) is 4.90 Å². The van der Waals surface area contributed by atoms with Gasteiger partial charge in [-0.1, -0.05) is 12.1 Å². The Kier molecular flexibility index (Phi) is 6.00. The Morgan fingerprint density at radius 1 is 1.18 bits per heavy atom. The molecule has 7 heteroatoms. The van der Waals surface area contributed by atoms with Crippen LogP contribution in [0.4, 0.5) is 10.1 Å². The lowest BCUT2D eigenvalue weighted by Gasteiger charge is -2.35. The molecule has 0 aromatic heterocycles. The molecule has 1 aliphatic heterocycles. The average molecular weight is 328 g/mol. The van der Waals surface area contributed by atoms with Crippen LogP contribution in [0.5, 0.6) is 0 Å². The molecular weight excluding hydrogens is 309 g/mol. The Bertz CT molecular complexity index is 533. The summed E-state index contributed by atoms with van der Waals surface area (Å²) in [6.07, 6.45) is 0.627. The molecule has 0 bridgehead atoms. The smallest absolute Gasteiger partial charge is 0.312 e. The highest BCUT2D eigenvalue weighted by Crippen LogP contribution is 2.20. The third-order valence-corrected chi connectivity index (χ3v) is 3.82. The van der Waals surface area contributed by atoms with Gasteiger partial charge in [0.2, 0.25) is 0 Å². The van der Waals surface area contributed by atoms with Crippen molar-refractivity contribution in [3.8, 4) is 0 Å². The molecule has 0 radical (unpaired) electrons. The molecule has 22 heavy (non-hydrogen) atoms. The van der Waals surface area contributed by atoms with Crippen molar-refractivity contribution in [2.45, 2.75) is 6.42 Å². The van der Waals surface area contributed by atoms with Crippen LogP contribution in [0, 0.1) is 5.82 Å². The second kappa shape index (κ2) is 7.98. The Labute approximate surface area is 134 Å². The Hall–Kier alpha value is -1.82. The second-order valence-electron chi connectivity index (χ2n) is 5.03. The predicted molar refractivity (Wildman–Crippen MR) is 83.5 cm³/mol. The molecule has 1 aliphatic rings. The maximum Gasteiger partial charge on any atom is 0.312 e. The Balaban J connectivity index is 1.85. The highest BCUT2D eigenvalue weighted by Gasteiger charge is 2.26. The number of piperazine rings is 1. The first kappa shape index (κ1) is 16.5. The average Bonchev–Trinajstić information content (AvgIpc) is 2.55. The summed E-state index contributed by atoms with van der Waals surface area (Å²) >= 11 is 5.52. The minimum Gasteiger partial charge on any atom is -0.366 e. The van der Waals surface area contributed by atoms with Crippen LogP contribution in [0.1, 0.15) is 6.42 Å². The van der Waals surface area contributed by atoms with E-state index in [9.17, 15) is 14.0 Å². The van der Waals surface area contributed by atoms with Gasteiger partial charge in [0.05, 0.1) is 5.69 Å². The van der Waals surface area contributed by atoms with Gasteiger partial charge in [0, 0.05) is 38.6 Å². The summed E-state index contributed by atoms with van der Waals surface area (Å²) in [6.45, 7) is 2.19. The van der Waals surface area contributed by atoms with Gasteiger partial charge in [0.25, 0.3) is 0 Å². The van der Waals surface area contributed by atoms with E-state index in [1.165, 1.54) is 11.0 Å². The van der Waals surface area contributed by atoms with Gasteiger partial charge in [-0.3, -0.25) is 9.59 Å². The Morgan fingerprint density at radius 2 is 1.86 bits per heavy atom. The third-order valence-electron chi connectivity index (χ3n) is 3.55. The van der Waals surface area contributed by atoms with Crippen molar-refractivity contribution >= 4 is 29.1 Å². The molecule has 1 saturated heterocycles. The number of alkyl halides is 1. The van der Waals surface area contributed by atoms with Crippen LogP contribution in [-0.2, 0) is 9.59 Å². The van der Waals surface area contributed by atoms with E-state index in [1.54, 1.807) is 18.2 Å². The molecule has 1 aromatic rings. The van der Waals surface area contributed by atoms with Crippen molar-refractivity contribution < 1.29 is 14.0 Å². The summed E-state index contributed by atoms with van der Waals surface area (Å²) in [7, 11) is 0. The summed E-state index contributed by atoms with van der Waals surface area (Å²) in [5, 5.41) is 2.54. The van der Waals surface area contributed by atoms with Gasteiger partial charge in [-0.05, 0) is 18.6 Å². The molecule has 1 aromatic carbocycles. The Morgan fingerprint density at radius 3 is 2.50 bits per heavy atom. The van der Waals surface area contributed by atoms with Crippen molar-refractivity contribution in [1.29, 1.82) is 0 Å². The number of hydrogen-bond acceptors (Lipinski definition) is 3. The lowest BCUT2D eigenvalue weighted by atomic mass is 10.2. The van der Waals surface area contributed by atoms with E-state index >= 15 is 0 Å². The third kappa shape index (κ3) is 4.10. The van der Waals surface area contributed by atoms with Crippen molar-refractivity contribution in [2.24, 2.45) is 0 Å². The number of rotatable bonds is 4. The molecule has 120 valence electrons. The van der Waals surface area contributed by atoms with Gasteiger partial charge in [-0.15, -0.1) is 11.6 Å². The zero-order valence-corrected chi connectivity index (χ0v) is 13.0. The van der Waals surface area contributed by atoms with Gasteiger partial charge in [-0.2, -0.15) is 0 Å². The first-order chi connectivity index (χ1) is 10.6. The SMILES string of the molecule is O=C(NCCCCl)C(=O)N1CCN(c2ccccc2F)CC1. The number of para-hydroxylation sites is 1. The van der Waals surface area contributed by atoms with Gasteiger partial charge in [-0.25, -0.2) is 4.39 Å². The minimum absolute atomic E-state index is 0.277. The minimum atomic E-state index is -0.607. The van der Waals surface area contributed by atoms with Gasteiger partial charge in [0.1, 0.15) is 5.82 Å².